The number of carbonyl (C=O) groups is 1. The maximum Gasteiger partial charge on any atom is 0.321 e. The highest BCUT2D eigenvalue weighted by molar-refractivity contribution is 9.10. The number of esters is 1. The number of hydrogen-bond donors (Lipinski definition) is 2. The number of aliphatic hydroxyl groups is 2. The van der Waals surface area contributed by atoms with Crippen molar-refractivity contribution in [2.75, 3.05) is 20.3 Å². The van der Waals surface area contributed by atoms with Crippen LogP contribution in [0.15, 0.2) is 28.7 Å². The van der Waals surface area contributed by atoms with Gasteiger partial charge in [0.2, 0.25) is 0 Å². The zero-order valence-corrected chi connectivity index (χ0v) is 10.4. The van der Waals surface area contributed by atoms with Crippen LogP contribution in [-0.2, 0) is 14.9 Å². The molecular weight excluding hydrogens is 276 g/mol. The quantitative estimate of drug-likeness (QED) is 0.806. The summed E-state index contributed by atoms with van der Waals surface area (Å²) >= 11 is 3.27. The third kappa shape index (κ3) is 2.26. The van der Waals surface area contributed by atoms with E-state index in [1.54, 1.807) is 24.3 Å². The van der Waals surface area contributed by atoms with Crippen LogP contribution in [0.25, 0.3) is 0 Å². The van der Waals surface area contributed by atoms with Gasteiger partial charge in [0.25, 0.3) is 0 Å². The van der Waals surface area contributed by atoms with E-state index >= 15 is 0 Å². The molecule has 0 bridgehead atoms. The normalized spacial score (nSPS) is 11.2. The van der Waals surface area contributed by atoms with Crippen molar-refractivity contribution < 1.29 is 19.7 Å². The second-order valence-corrected chi connectivity index (χ2v) is 4.32. The summed E-state index contributed by atoms with van der Waals surface area (Å²) in [6, 6.07) is 6.85. The van der Waals surface area contributed by atoms with Crippen LogP contribution in [0.5, 0.6) is 0 Å². The fraction of sp³-hybridized carbons (Fsp3) is 0.364. The molecule has 5 heteroatoms. The highest BCUT2D eigenvalue weighted by Crippen LogP contribution is 2.27. The molecule has 88 valence electrons. The number of halogens is 1. The molecule has 0 unspecified atom stereocenters. The summed E-state index contributed by atoms with van der Waals surface area (Å²) in [4.78, 5) is 11.7. The Labute approximate surface area is 102 Å². The predicted octanol–water partition coefficient (Wildman–Crippen LogP) is 0.844. The molecule has 0 aliphatic heterocycles. The fourth-order valence-electron chi connectivity index (χ4n) is 1.46. The van der Waals surface area contributed by atoms with Crippen LogP contribution >= 0.6 is 15.9 Å². The van der Waals surface area contributed by atoms with E-state index in [4.69, 9.17) is 0 Å². The maximum atomic E-state index is 11.7. The van der Waals surface area contributed by atoms with Crippen LogP contribution < -0.4 is 0 Å². The molecule has 0 aromatic heterocycles. The molecule has 16 heavy (non-hydrogen) atoms. The molecule has 4 nitrogen and oxygen atoms in total. The van der Waals surface area contributed by atoms with Crippen LogP contribution in [0.3, 0.4) is 0 Å². The molecule has 1 aromatic carbocycles. The average molecular weight is 289 g/mol. The van der Waals surface area contributed by atoms with Gasteiger partial charge in [0.1, 0.15) is 5.41 Å². The zero-order chi connectivity index (χ0) is 12.2. The van der Waals surface area contributed by atoms with Gasteiger partial charge < -0.3 is 14.9 Å². The highest BCUT2D eigenvalue weighted by atomic mass is 79.9. The number of ether oxygens (including phenoxy) is 1. The van der Waals surface area contributed by atoms with Gasteiger partial charge in [0.05, 0.1) is 20.3 Å². The summed E-state index contributed by atoms with van der Waals surface area (Å²) in [5, 5.41) is 18.7. The Bertz CT molecular complexity index is 374. The molecule has 0 aliphatic carbocycles. The van der Waals surface area contributed by atoms with Crippen molar-refractivity contribution in [3.63, 3.8) is 0 Å². The lowest BCUT2D eigenvalue weighted by Crippen LogP contribution is -2.44. The van der Waals surface area contributed by atoms with E-state index in [2.05, 4.69) is 20.7 Å². The minimum atomic E-state index is -1.40. The SMILES string of the molecule is COC(=O)C(CO)(CO)c1cccc(Br)c1. The Kier molecular flexibility index (Phi) is 4.46. The van der Waals surface area contributed by atoms with Gasteiger partial charge in [-0.15, -0.1) is 0 Å². The van der Waals surface area contributed by atoms with E-state index in [-0.39, 0.29) is 0 Å². The summed E-state index contributed by atoms with van der Waals surface area (Å²) in [5.74, 6) is -0.657. The van der Waals surface area contributed by atoms with E-state index in [0.29, 0.717) is 5.56 Å². The number of hydrogen-bond acceptors (Lipinski definition) is 4. The zero-order valence-electron chi connectivity index (χ0n) is 8.81. The van der Waals surface area contributed by atoms with Crippen molar-refractivity contribution in [1.82, 2.24) is 0 Å². The number of benzene rings is 1. The lowest BCUT2D eigenvalue weighted by Gasteiger charge is -2.27. The Morgan fingerprint density at radius 3 is 2.50 bits per heavy atom. The van der Waals surface area contributed by atoms with Gasteiger partial charge >= 0.3 is 5.97 Å². The number of carbonyl (C=O) groups excluding carboxylic acids is 1. The summed E-state index contributed by atoms with van der Waals surface area (Å²) in [5.41, 5.74) is -0.892. The van der Waals surface area contributed by atoms with E-state index in [0.717, 1.165) is 4.47 Å². The standard InChI is InChI=1S/C11H13BrO4/c1-16-10(15)11(6-13,7-14)8-3-2-4-9(12)5-8/h2-5,13-14H,6-7H2,1H3. The van der Waals surface area contributed by atoms with Crippen molar-refractivity contribution in [3.8, 4) is 0 Å². The lowest BCUT2D eigenvalue weighted by atomic mass is 9.82. The maximum absolute atomic E-state index is 11.7. The molecule has 0 amide bonds. The number of aliphatic hydroxyl groups excluding tert-OH is 2. The van der Waals surface area contributed by atoms with Gasteiger partial charge in [-0.05, 0) is 17.7 Å². The topological polar surface area (TPSA) is 66.8 Å². The molecule has 0 aliphatic rings. The predicted molar refractivity (Wildman–Crippen MR) is 62.0 cm³/mol. The fourth-order valence-corrected chi connectivity index (χ4v) is 1.86. The average Bonchev–Trinajstić information content (AvgIpc) is 2.31. The summed E-state index contributed by atoms with van der Waals surface area (Å²) in [6.07, 6.45) is 0. The van der Waals surface area contributed by atoms with Gasteiger partial charge in [-0.25, -0.2) is 0 Å². The Morgan fingerprint density at radius 1 is 1.44 bits per heavy atom. The van der Waals surface area contributed by atoms with E-state index in [1.165, 1.54) is 7.11 Å². The highest BCUT2D eigenvalue weighted by Gasteiger charge is 2.40. The first-order valence-electron chi connectivity index (χ1n) is 4.67. The number of methoxy groups -OCH3 is 1. The van der Waals surface area contributed by atoms with Gasteiger partial charge in [0, 0.05) is 4.47 Å². The van der Waals surface area contributed by atoms with Crippen molar-refractivity contribution in [3.05, 3.63) is 34.3 Å². The van der Waals surface area contributed by atoms with Crippen molar-refractivity contribution in [2.24, 2.45) is 0 Å². The second kappa shape index (κ2) is 5.43. The summed E-state index contributed by atoms with van der Waals surface area (Å²) in [7, 11) is 1.22. The summed E-state index contributed by atoms with van der Waals surface area (Å²) in [6.45, 7) is -1.01. The molecule has 2 N–H and O–H groups in total. The van der Waals surface area contributed by atoms with Crippen LogP contribution in [0.2, 0.25) is 0 Å². The van der Waals surface area contributed by atoms with Gasteiger partial charge in [-0.2, -0.15) is 0 Å². The molecule has 0 heterocycles. The van der Waals surface area contributed by atoms with Gasteiger partial charge in [-0.1, -0.05) is 28.1 Å². The van der Waals surface area contributed by atoms with E-state index < -0.39 is 24.6 Å². The van der Waals surface area contributed by atoms with E-state index in [9.17, 15) is 15.0 Å². The van der Waals surface area contributed by atoms with Crippen LogP contribution in [0, 0.1) is 0 Å². The molecule has 0 atom stereocenters. The van der Waals surface area contributed by atoms with Gasteiger partial charge in [0.15, 0.2) is 0 Å². The van der Waals surface area contributed by atoms with Crippen molar-refractivity contribution >= 4 is 21.9 Å². The number of rotatable bonds is 4. The monoisotopic (exact) mass is 288 g/mol. The molecule has 0 spiro atoms. The first-order valence-corrected chi connectivity index (χ1v) is 5.46. The molecule has 1 aromatic rings. The summed E-state index contributed by atoms with van der Waals surface area (Å²) < 4.78 is 5.38. The first kappa shape index (κ1) is 13.2. The molecule has 1 rings (SSSR count). The third-order valence-corrected chi connectivity index (χ3v) is 2.99. The minimum absolute atomic E-state index is 0.507. The van der Waals surface area contributed by atoms with Crippen LogP contribution in [0.1, 0.15) is 5.56 Å². The van der Waals surface area contributed by atoms with E-state index in [1.807, 2.05) is 0 Å². The Morgan fingerprint density at radius 2 is 2.06 bits per heavy atom. The smallest absolute Gasteiger partial charge is 0.321 e. The Hall–Kier alpha value is -0.910. The molecule has 0 fully saturated rings. The molecule has 0 saturated carbocycles. The lowest BCUT2D eigenvalue weighted by molar-refractivity contribution is -0.151. The Balaban J connectivity index is 3.25. The van der Waals surface area contributed by atoms with Gasteiger partial charge in [-0.3, -0.25) is 4.79 Å². The largest absolute Gasteiger partial charge is 0.468 e. The molecule has 0 saturated heterocycles. The molecular formula is C11H13BrO4. The molecule has 0 radical (unpaired) electrons. The van der Waals surface area contributed by atoms with Crippen LogP contribution in [0.4, 0.5) is 0 Å². The van der Waals surface area contributed by atoms with Crippen molar-refractivity contribution in [2.45, 2.75) is 5.41 Å². The second-order valence-electron chi connectivity index (χ2n) is 3.40. The minimum Gasteiger partial charge on any atom is -0.468 e. The van der Waals surface area contributed by atoms with Crippen molar-refractivity contribution in [1.29, 1.82) is 0 Å². The first-order chi connectivity index (χ1) is 7.60. The third-order valence-electron chi connectivity index (χ3n) is 2.49. The van der Waals surface area contributed by atoms with Crippen LogP contribution in [-0.4, -0.2) is 36.5 Å².